The Hall–Kier alpha value is -0.0800. The maximum absolute atomic E-state index is 5.25. The Kier molecular flexibility index (Phi) is 5.51. The molecule has 1 fully saturated rings. The van der Waals surface area contributed by atoms with E-state index in [0.29, 0.717) is 0 Å². The van der Waals surface area contributed by atoms with Crippen molar-refractivity contribution in [3.05, 3.63) is 0 Å². The first-order valence-corrected chi connectivity index (χ1v) is 4.26. The first-order valence-electron chi connectivity index (χ1n) is 4.26. The summed E-state index contributed by atoms with van der Waals surface area (Å²) in [7, 11) is 0. The van der Waals surface area contributed by atoms with E-state index in [1.165, 1.54) is 25.7 Å². The van der Waals surface area contributed by atoms with Crippen molar-refractivity contribution < 1.29 is 0 Å². The fourth-order valence-electron chi connectivity index (χ4n) is 1.91. The van der Waals surface area contributed by atoms with Gasteiger partial charge in [-0.1, -0.05) is 27.2 Å². The van der Waals surface area contributed by atoms with Gasteiger partial charge in [0.2, 0.25) is 0 Å². The SMILES string of the molecule is C.CC1CCCC(CNN)C1. The van der Waals surface area contributed by atoms with Crippen molar-refractivity contribution >= 4 is 0 Å². The van der Waals surface area contributed by atoms with E-state index in [0.717, 1.165) is 18.4 Å². The Morgan fingerprint density at radius 2 is 2.18 bits per heavy atom. The molecule has 0 radical (unpaired) electrons. The topological polar surface area (TPSA) is 38.0 Å². The summed E-state index contributed by atoms with van der Waals surface area (Å²) in [5, 5.41) is 0. The van der Waals surface area contributed by atoms with Crippen LogP contribution in [0.2, 0.25) is 0 Å². The maximum atomic E-state index is 5.25. The molecule has 1 aliphatic rings. The van der Waals surface area contributed by atoms with Gasteiger partial charge in [-0.2, -0.15) is 0 Å². The van der Waals surface area contributed by atoms with E-state index >= 15 is 0 Å². The van der Waals surface area contributed by atoms with Crippen LogP contribution in [0.1, 0.15) is 40.0 Å². The van der Waals surface area contributed by atoms with E-state index in [9.17, 15) is 0 Å². The zero-order valence-corrected chi connectivity index (χ0v) is 6.77. The number of rotatable bonds is 2. The van der Waals surface area contributed by atoms with Crippen LogP contribution in [0.4, 0.5) is 0 Å². The summed E-state index contributed by atoms with van der Waals surface area (Å²) < 4.78 is 0. The number of nitrogens with two attached hydrogens (primary N) is 1. The van der Waals surface area contributed by atoms with E-state index in [-0.39, 0.29) is 7.43 Å². The normalized spacial score (nSPS) is 31.1. The molecule has 1 aliphatic carbocycles. The van der Waals surface area contributed by atoms with Crippen LogP contribution in [0.15, 0.2) is 0 Å². The lowest BCUT2D eigenvalue weighted by Crippen LogP contribution is -2.31. The third-order valence-electron chi connectivity index (χ3n) is 2.45. The molecule has 1 rings (SSSR count). The third kappa shape index (κ3) is 3.73. The predicted molar refractivity (Wildman–Crippen MR) is 50.0 cm³/mol. The van der Waals surface area contributed by atoms with E-state index in [2.05, 4.69) is 12.3 Å². The number of nitrogens with one attached hydrogen (secondary N) is 1. The number of hydrogen-bond donors (Lipinski definition) is 2. The van der Waals surface area contributed by atoms with E-state index in [4.69, 9.17) is 5.84 Å². The number of hydrazine groups is 1. The Morgan fingerprint density at radius 3 is 2.73 bits per heavy atom. The van der Waals surface area contributed by atoms with Gasteiger partial charge in [-0.05, 0) is 24.7 Å². The van der Waals surface area contributed by atoms with Crippen molar-refractivity contribution in [2.24, 2.45) is 17.7 Å². The molecule has 2 heteroatoms. The highest BCUT2D eigenvalue weighted by molar-refractivity contribution is 4.70. The van der Waals surface area contributed by atoms with Gasteiger partial charge in [0, 0.05) is 6.54 Å². The summed E-state index contributed by atoms with van der Waals surface area (Å²) in [6.45, 7) is 3.34. The van der Waals surface area contributed by atoms with E-state index in [1.54, 1.807) is 0 Å². The van der Waals surface area contributed by atoms with Crippen LogP contribution in [0.25, 0.3) is 0 Å². The lowest BCUT2D eigenvalue weighted by Gasteiger charge is -2.25. The Labute approximate surface area is 70.5 Å². The maximum Gasteiger partial charge on any atom is 0.0126 e. The largest absolute Gasteiger partial charge is 0.271 e. The number of hydrogen-bond acceptors (Lipinski definition) is 2. The van der Waals surface area contributed by atoms with Gasteiger partial charge < -0.3 is 0 Å². The van der Waals surface area contributed by atoms with Crippen molar-refractivity contribution in [1.82, 2.24) is 5.43 Å². The minimum Gasteiger partial charge on any atom is -0.271 e. The molecule has 1 saturated carbocycles. The summed E-state index contributed by atoms with van der Waals surface area (Å²) in [5.41, 5.74) is 2.76. The highest BCUT2D eigenvalue weighted by Gasteiger charge is 2.17. The van der Waals surface area contributed by atoms with Crippen LogP contribution in [0, 0.1) is 11.8 Å². The Morgan fingerprint density at radius 1 is 1.45 bits per heavy atom. The standard InChI is InChI=1S/C8H18N2.CH4/c1-7-3-2-4-8(5-7)6-10-9;/h7-8,10H,2-6,9H2,1H3;1H4. The molecule has 0 aromatic carbocycles. The molecule has 3 N–H and O–H groups in total. The quantitative estimate of drug-likeness (QED) is 0.476. The van der Waals surface area contributed by atoms with Crippen LogP contribution in [0.3, 0.4) is 0 Å². The van der Waals surface area contributed by atoms with Gasteiger partial charge in [-0.15, -0.1) is 0 Å². The van der Waals surface area contributed by atoms with Gasteiger partial charge >= 0.3 is 0 Å². The minimum absolute atomic E-state index is 0. The highest BCUT2D eigenvalue weighted by atomic mass is 15.2. The first-order chi connectivity index (χ1) is 4.83. The molecule has 2 atom stereocenters. The second-order valence-corrected chi connectivity index (χ2v) is 3.55. The van der Waals surface area contributed by atoms with Gasteiger partial charge in [0.05, 0.1) is 0 Å². The minimum atomic E-state index is 0. The van der Waals surface area contributed by atoms with Gasteiger partial charge in [0.25, 0.3) is 0 Å². The lowest BCUT2D eigenvalue weighted by atomic mass is 9.82. The predicted octanol–water partition coefficient (Wildman–Crippen LogP) is 1.91. The molecule has 0 bridgehead atoms. The molecule has 2 nitrogen and oxygen atoms in total. The van der Waals surface area contributed by atoms with Crippen LogP contribution < -0.4 is 11.3 Å². The second kappa shape index (κ2) is 5.56. The van der Waals surface area contributed by atoms with Crippen molar-refractivity contribution in [2.45, 2.75) is 40.0 Å². The van der Waals surface area contributed by atoms with Gasteiger partial charge in [0.1, 0.15) is 0 Å². The highest BCUT2D eigenvalue weighted by Crippen LogP contribution is 2.27. The summed E-state index contributed by atoms with van der Waals surface area (Å²) in [6.07, 6.45) is 5.55. The van der Waals surface area contributed by atoms with Gasteiger partial charge in [-0.3, -0.25) is 11.3 Å². The molecule has 0 amide bonds. The van der Waals surface area contributed by atoms with Crippen molar-refractivity contribution in [3.63, 3.8) is 0 Å². The average molecular weight is 158 g/mol. The Balaban J connectivity index is 0.000001000. The molecular weight excluding hydrogens is 136 g/mol. The van der Waals surface area contributed by atoms with Gasteiger partial charge in [-0.25, -0.2) is 0 Å². The lowest BCUT2D eigenvalue weighted by molar-refractivity contribution is 0.275. The first kappa shape index (κ1) is 10.9. The molecule has 2 unspecified atom stereocenters. The molecular formula is C9H22N2. The summed E-state index contributed by atoms with van der Waals surface area (Å²) in [4.78, 5) is 0. The average Bonchev–Trinajstić information content (AvgIpc) is 1.88. The summed E-state index contributed by atoms with van der Waals surface area (Å²) in [6, 6.07) is 0. The smallest absolute Gasteiger partial charge is 0.0126 e. The monoisotopic (exact) mass is 158 g/mol. The zero-order valence-electron chi connectivity index (χ0n) is 6.77. The third-order valence-corrected chi connectivity index (χ3v) is 2.45. The Bertz CT molecular complexity index is 91.6. The van der Waals surface area contributed by atoms with Crippen molar-refractivity contribution in [3.8, 4) is 0 Å². The fourth-order valence-corrected chi connectivity index (χ4v) is 1.91. The zero-order chi connectivity index (χ0) is 7.40. The van der Waals surface area contributed by atoms with E-state index in [1.807, 2.05) is 0 Å². The van der Waals surface area contributed by atoms with Gasteiger partial charge in [0.15, 0.2) is 0 Å². The van der Waals surface area contributed by atoms with Crippen molar-refractivity contribution in [2.75, 3.05) is 6.54 Å². The molecule has 68 valence electrons. The fraction of sp³-hybridized carbons (Fsp3) is 1.00. The summed E-state index contributed by atoms with van der Waals surface area (Å²) >= 11 is 0. The molecule has 0 spiro atoms. The van der Waals surface area contributed by atoms with Crippen molar-refractivity contribution in [1.29, 1.82) is 0 Å². The summed E-state index contributed by atoms with van der Waals surface area (Å²) in [5.74, 6) is 7.02. The molecule has 0 aliphatic heterocycles. The van der Waals surface area contributed by atoms with Crippen LogP contribution >= 0.6 is 0 Å². The second-order valence-electron chi connectivity index (χ2n) is 3.55. The molecule has 0 heterocycles. The van der Waals surface area contributed by atoms with Crippen LogP contribution in [0.5, 0.6) is 0 Å². The van der Waals surface area contributed by atoms with Crippen LogP contribution in [-0.2, 0) is 0 Å². The molecule has 11 heavy (non-hydrogen) atoms. The van der Waals surface area contributed by atoms with E-state index < -0.39 is 0 Å². The van der Waals surface area contributed by atoms with Crippen LogP contribution in [-0.4, -0.2) is 6.54 Å². The molecule has 0 aromatic heterocycles. The molecule has 0 saturated heterocycles. The molecule has 0 aromatic rings.